The Morgan fingerprint density at radius 3 is 2.30 bits per heavy atom. The number of aromatic nitrogens is 1. The van der Waals surface area contributed by atoms with Gasteiger partial charge < -0.3 is 19.5 Å². The summed E-state index contributed by atoms with van der Waals surface area (Å²) in [4.78, 5) is 28.7. The van der Waals surface area contributed by atoms with Crippen molar-refractivity contribution in [2.24, 2.45) is 0 Å². The molecule has 1 saturated heterocycles. The van der Waals surface area contributed by atoms with Crippen LogP contribution in [0.2, 0.25) is 0 Å². The number of piperazine rings is 1. The molecular weight excluding hydrogens is 471 g/mol. The van der Waals surface area contributed by atoms with Crippen molar-refractivity contribution < 1.29 is 18.7 Å². The number of anilines is 1. The predicted octanol–water partition coefficient (Wildman–Crippen LogP) is 4.36. The minimum atomic E-state index is -0.287. The summed E-state index contributed by atoms with van der Waals surface area (Å²) < 4.78 is 21.1. The highest BCUT2D eigenvalue weighted by atomic mass is 19.1. The summed E-state index contributed by atoms with van der Waals surface area (Å²) in [5.41, 5.74) is 4.41. The predicted molar refractivity (Wildman–Crippen MR) is 143 cm³/mol. The van der Waals surface area contributed by atoms with E-state index in [1.54, 1.807) is 12.1 Å². The lowest BCUT2D eigenvalue weighted by Crippen LogP contribution is -2.49. The molecule has 1 aliphatic rings. The molecular formula is C29H35FN4O3. The summed E-state index contributed by atoms with van der Waals surface area (Å²) >= 11 is 0. The van der Waals surface area contributed by atoms with Gasteiger partial charge in [-0.15, -0.1) is 0 Å². The number of carbonyl (C=O) groups is 2. The molecule has 0 bridgehead atoms. The van der Waals surface area contributed by atoms with E-state index in [0.717, 1.165) is 68.6 Å². The van der Waals surface area contributed by atoms with Crippen LogP contribution >= 0.6 is 0 Å². The zero-order chi connectivity index (χ0) is 26.2. The second kappa shape index (κ2) is 12.7. The molecule has 0 aliphatic carbocycles. The Hall–Kier alpha value is -3.49. The summed E-state index contributed by atoms with van der Waals surface area (Å²) in [7, 11) is 0. The minimum absolute atomic E-state index is 0.130. The van der Waals surface area contributed by atoms with Crippen molar-refractivity contribution in [3.63, 3.8) is 0 Å². The van der Waals surface area contributed by atoms with Crippen molar-refractivity contribution in [1.82, 2.24) is 14.4 Å². The lowest BCUT2D eigenvalue weighted by atomic mass is 10.1. The third kappa shape index (κ3) is 7.05. The molecule has 0 unspecified atom stereocenters. The maximum atomic E-state index is 13.6. The largest absolute Gasteiger partial charge is 0.380 e. The van der Waals surface area contributed by atoms with Gasteiger partial charge in [0.25, 0.3) is 0 Å². The number of nitrogens with zero attached hydrogens (tertiary/aromatic N) is 3. The quantitative estimate of drug-likeness (QED) is 0.415. The molecule has 7 nitrogen and oxygen atoms in total. The van der Waals surface area contributed by atoms with Gasteiger partial charge in [-0.25, -0.2) is 4.39 Å². The number of amides is 2. The third-order valence-electron chi connectivity index (χ3n) is 6.62. The van der Waals surface area contributed by atoms with E-state index in [0.29, 0.717) is 18.5 Å². The first-order chi connectivity index (χ1) is 17.9. The number of hydrogen-bond acceptors (Lipinski definition) is 4. The van der Waals surface area contributed by atoms with Gasteiger partial charge in [0.05, 0.1) is 12.3 Å². The molecule has 2 heterocycles. The molecule has 196 valence electrons. The molecule has 1 fully saturated rings. The average Bonchev–Trinajstić information content (AvgIpc) is 3.32. The normalized spacial score (nSPS) is 14.1. The van der Waals surface area contributed by atoms with Gasteiger partial charge in [-0.1, -0.05) is 0 Å². The molecule has 0 saturated carbocycles. The Balaban J connectivity index is 1.48. The Kier molecular flexibility index (Phi) is 9.09. The molecule has 8 heteroatoms. The number of carbonyl (C=O) groups excluding carboxylic acids is 2. The Labute approximate surface area is 217 Å². The first kappa shape index (κ1) is 26.6. The molecule has 0 radical (unpaired) electrons. The molecule has 2 amide bonds. The maximum absolute atomic E-state index is 13.6. The molecule has 1 N–H and O–H groups in total. The van der Waals surface area contributed by atoms with Crippen molar-refractivity contribution in [3.8, 4) is 16.9 Å². The topological polar surface area (TPSA) is 66.8 Å². The van der Waals surface area contributed by atoms with Gasteiger partial charge in [0, 0.05) is 69.7 Å². The van der Waals surface area contributed by atoms with Gasteiger partial charge in [-0.3, -0.25) is 14.5 Å². The molecule has 2 aromatic carbocycles. The van der Waals surface area contributed by atoms with E-state index in [-0.39, 0.29) is 17.6 Å². The molecule has 3 aromatic rings. The Bertz CT molecular complexity index is 1180. The monoisotopic (exact) mass is 506 g/mol. The fourth-order valence-corrected chi connectivity index (χ4v) is 4.67. The number of benzene rings is 2. The van der Waals surface area contributed by atoms with E-state index in [9.17, 15) is 14.0 Å². The fraction of sp³-hybridized carbons (Fsp3) is 0.379. The number of nitrogens with one attached hydrogen (secondary N) is 1. The number of hydrogen-bond donors (Lipinski definition) is 1. The van der Waals surface area contributed by atoms with Crippen LogP contribution in [0.15, 0.2) is 60.7 Å². The highest BCUT2D eigenvalue weighted by Gasteiger charge is 2.21. The second-order valence-corrected chi connectivity index (χ2v) is 9.20. The summed E-state index contributed by atoms with van der Waals surface area (Å²) in [6.07, 6.45) is 0.994. The Morgan fingerprint density at radius 2 is 1.65 bits per heavy atom. The lowest BCUT2D eigenvalue weighted by Gasteiger charge is -2.34. The summed E-state index contributed by atoms with van der Waals surface area (Å²) in [6, 6.07) is 18.0. The number of rotatable bonds is 10. The van der Waals surface area contributed by atoms with E-state index in [1.165, 1.54) is 19.1 Å². The zero-order valence-electron chi connectivity index (χ0n) is 21.6. The van der Waals surface area contributed by atoms with E-state index < -0.39 is 0 Å². The van der Waals surface area contributed by atoms with Crippen LogP contribution in [0.5, 0.6) is 0 Å². The molecule has 0 atom stereocenters. The van der Waals surface area contributed by atoms with Crippen LogP contribution in [0.1, 0.15) is 26.0 Å². The van der Waals surface area contributed by atoms with Crippen molar-refractivity contribution in [3.05, 3.63) is 72.2 Å². The summed E-state index contributed by atoms with van der Waals surface area (Å²) in [5, 5.41) is 2.79. The minimum Gasteiger partial charge on any atom is -0.380 e. The molecule has 0 spiro atoms. The summed E-state index contributed by atoms with van der Waals surface area (Å²) in [6.45, 7) is 9.02. The van der Waals surface area contributed by atoms with Crippen LogP contribution < -0.4 is 5.32 Å². The molecule has 4 rings (SSSR count). The van der Waals surface area contributed by atoms with E-state index in [4.69, 9.17) is 4.74 Å². The van der Waals surface area contributed by atoms with Crippen molar-refractivity contribution >= 4 is 17.5 Å². The van der Waals surface area contributed by atoms with Gasteiger partial charge in [0.15, 0.2) is 0 Å². The molecule has 37 heavy (non-hydrogen) atoms. The number of halogens is 1. The molecule has 1 aliphatic heterocycles. The highest BCUT2D eigenvalue weighted by Crippen LogP contribution is 2.28. The zero-order valence-corrected chi connectivity index (χ0v) is 21.6. The summed E-state index contributed by atoms with van der Waals surface area (Å²) in [5.74, 6) is -0.262. The third-order valence-corrected chi connectivity index (χ3v) is 6.62. The van der Waals surface area contributed by atoms with Crippen LogP contribution in [0.25, 0.3) is 16.9 Å². The van der Waals surface area contributed by atoms with Gasteiger partial charge >= 0.3 is 0 Å². The van der Waals surface area contributed by atoms with E-state index in [2.05, 4.69) is 14.8 Å². The van der Waals surface area contributed by atoms with E-state index >= 15 is 0 Å². The van der Waals surface area contributed by atoms with Crippen LogP contribution in [-0.2, 0) is 20.7 Å². The lowest BCUT2D eigenvalue weighted by molar-refractivity contribution is -0.133. The van der Waals surface area contributed by atoms with Gasteiger partial charge in [0.2, 0.25) is 11.8 Å². The first-order valence-electron chi connectivity index (χ1n) is 12.9. The molecule has 1 aromatic heterocycles. The smallest absolute Gasteiger partial charge is 0.223 e. The number of ether oxygens (including phenoxy) is 1. The van der Waals surface area contributed by atoms with Crippen LogP contribution in [-0.4, -0.2) is 72.1 Å². The SMILES string of the molecule is CCOCCN1CCN(C(=O)CCc2ccc(-c3ccc(F)cc3)n2-c2ccc(NC(C)=O)cc2)CC1. The first-order valence-corrected chi connectivity index (χ1v) is 12.9. The van der Waals surface area contributed by atoms with Gasteiger partial charge in [-0.05, 0) is 79.6 Å². The average molecular weight is 507 g/mol. The fourth-order valence-electron chi connectivity index (χ4n) is 4.67. The highest BCUT2D eigenvalue weighted by molar-refractivity contribution is 5.88. The van der Waals surface area contributed by atoms with Crippen molar-refractivity contribution in [2.45, 2.75) is 26.7 Å². The maximum Gasteiger partial charge on any atom is 0.223 e. The van der Waals surface area contributed by atoms with Crippen LogP contribution in [0.3, 0.4) is 0 Å². The van der Waals surface area contributed by atoms with Crippen molar-refractivity contribution in [2.75, 3.05) is 51.3 Å². The van der Waals surface area contributed by atoms with Gasteiger partial charge in [-0.2, -0.15) is 0 Å². The second-order valence-electron chi connectivity index (χ2n) is 9.20. The van der Waals surface area contributed by atoms with E-state index in [1.807, 2.05) is 48.2 Å². The van der Waals surface area contributed by atoms with Gasteiger partial charge in [0.1, 0.15) is 5.82 Å². The van der Waals surface area contributed by atoms with Crippen molar-refractivity contribution in [1.29, 1.82) is 0 Å². The Morgan fingerprint density at radius 1 is 0.946 bits per heavy atom. The standard InChI is InChI=1S/C29H35FN4O3/c1-3-37-21-20-32-16-18-33(19-17-32)29(36)15-13-27-12-14-28(23-4-6-24(30)7-5-23)34(27)26-10-8-25(9-11-26)31-22(2)35/h4-12,14H,3,13,15-21H2,1-2H3,(H,31,35). The van der Waals surface area contributed by atoms with Crippen LogP contribution in [0, 0.1) is 5.82 Å². The number of aryl methyl sites for hydroxylation is 1. The van der Waals surface area contributed by atoms with Crippen LogP contribution in [0.4, 0.5) is 10.1 Å².